The lowest BCUT2D eigenvalue weighted by atomic mass is 10.2. The molecule has 0 aliphatic carbocycles. The van der Waals surface area contributed by atoms with Gasteiger partial charge in [-0.3, -0.25) is 0 Å². The highest BCUT2D eigenvalue weighted by Crippen LogP contribution is 2.35. The number of benzene rings is 1. The van der Waals surface area contributed by atoms with Gasteiger partial charge in [-0.05, 0) is 31.2 Å². The summed E-state index contributed by atoms with van der Waals surface area (Å²) < 4.78 is 25.7. The minimum atomic E-state index is -0.561. The molecular weight excluding hydrogens is 398 g/mol. The number of carbonyl (C=O) groups is 2. The smallest absolute Gasteiger partial charge is 0.350 e. The molecule has 29 heavy (non-hydrogen) atoms. The SMILES string of the molecule is COC(=O)c1ccoc1COC(=O)c1sc(-c2ccc(OC)c(OC)c2)nc1C. The van der Waals surface area contributed by atoms with Crippen LogP contribution in [0, 0.1) is 6.92 Å². The Balaban J connectivity index is 1.77. The molecule has 0 aliphatic heterocycles. The average molecular weight is 417 g/mol. The molecule has 0 bridgehead atoms. The minimum Gasteiger partial charge on any atom is -0.493 e. The second-order valence-electron chi connectivity index (χ2n) is 5.83. The number of hydrogen-bond acceptors (Lipinski definition) is 9. The van der Waals surface area contributed by atoms with Gasteiger partial charge >= 0.3 is 11.9 Å². The molecule has 0 amide bonds. The Bertz CT molecular complexity index is 1040. The molecule has 0 saturated heterocycles. The molecule has 152 valence electrons. The molecule has 1 aromatic carbocycles. The van der Waals surface area contributed by atoms with Crippen molar-refractivity contribution in [3.63, 3.8) is 0 Å². The first-order valence-corrected chi connectivity index (χ1v) is 9.31. The van der Waals surface area contributed by atoms with Crippen molar-refractivity contribution in [2.75, 3.05) is 21.3 Å². The molecule has 9 heteroatoms. The van der Waals surface area contributed by atoms with Crippen LogP contribution < -0.4 is 9.47 Å². The molecule has 2 heterocycles. The number of rotatable bonds is 7. The molecule has 0 aliphatic rings. The van der Waals surface area contributed by atoms with Crippen molar-refractivity contribution in [1.82, 2.24) is 4.98 Å². The zero-order valence-electron chi connectivity index (χ0n) is 16.3. The fourth-order valence-electron chi connectivity index (χ4n) is 2.62. The summed E-state index contributed by atoms with van der Waals surface area (Å²) in [5.74, 6) is 0.264. The number of ether oxygens (including phenoxy) is 4. The van der Waals surface area contributed by atoms with Crippen LogP contribution in [0.1, 0.15) is 31.5 Å². The predicted molar refractivity (Wildman–Crippen MR) is 105 cm³/mol. The molecule has 0 fully saturated rings. The van der Waals surface area contributed by atoms with Gasteiger partial charge in [-0.15, -0.1) is 11.3 Å². The Labute approximate surface area is 171 Å². The Morgan fingerprint density at radius 3 is 2.52 bits per heavy atom. The second-order valence-corrected chi connectivity index (χ2v) is 6.83. The number of carbonyl (C=O) groups excluding carboxylic acids is 2. The van der Waals surface area contributed by atoms with Crippen LogP contribution in [0.25, 0.3) is 10.6 Å². The molecule has 3 aromatic rings. The molecule has 0 saturated carbocycles. The first-order chi connectivity index (χ1) is 14.0. The van der Waals surface area contributed by atoms with E-state index >= 15 is 0 Å². The monoisotopic (exact) mass is 417 g/mol. The summed E-state index contributed by atoms with van der Waals surface area (Å²) in [4.78, 5) is 29.0. The molecular formula is C20H19NO7S. The molecule has 0 N–H and O–H groups in total. The average Bonchev–Trinajstić information content (AvgIpc) is 3.37. The number of nitrogens with zero attached hydrogens (tertiary/aromatic N) is 1. The fraction of sp³-hybridized carbons (Fsp3) is 0.250. The number of thiazole rings is 1. The molecule has 3 rings (SSSR count). The van der Waals surface area contributed by atoms with Gasteiger partial charge in [0.25, 0.3) is 0 Å². The van der Waals surface area contributed by atoms with E-state index in [0.29, 0.717) is 27.1 Å². The quantitative estimate of drug-likeness (QED) is 0.535. The van der Waals surface area contributed by atoms with Gasteiger partial charge < -0.3 is 23.4 Å². The van der Waals surface area contributed by atoms with Gasteiger partial charge in [-0.2, -0.15) is 0 Å². The van der Waals surface area contributed by atoms with Gasteiger partial charge in [0, 0.05) is 5.56 Å². The number of aryl methyl sites for hydroxylation is 1. The largest absolute Gasteiger partial charge is 0.493 e. The second kappa shape index (κ2) is 8.78. The maximum Gasteiger partial charge on any atom is 0.350 e. The highest BCUT2D eigenvalue weighted by atomic mass is 32.1. The predicted octanol–water partition coefficient (Wildman–Crippen LogP) is 3.87. The van der Waals surface area contributed by atoms with E-state index in [1.165, 1.54) is 30.8 Å². The van der Waals surface area contributed by atoms with E-state index in [4.69, 9.17) is 18.6 Å². The van der Waals surface area contributed by atoms with Gasteiger partial charge in [0.2, 0.25) is 0 Å². The summed E-state index contributed by atoms with van der Waals surface area (Å²) in [5.41, 5.74) is 1.54. The summed E-state index contributed by atoms with van der Waals surface area (Å²) in [7, 11) is 4.38. The number of esters is 2. The van der Waals surface area contributed by atoms with Crippen molar-refractivity contribution in [3.05, 3.63) is 52.4 Å². The van der Waals surface area contributed by atoms with Crippen LogP contribution in [0.15, 0.2) is 34.9 Å². The van der Waals surface area contributed by atoms with E-state index in [2.05, 4.69) is 9.72 Å². The Morgan fingerprint density at radius 2 is 1.83 bits per heavy atom. The fourth-order valence-corrected chi connectivity index (χ4v) is 3.58. The van der Waals surface area contributed by atoms with Crippen LogP contribution in [0.3, 0.4) is 0 Å². The van der Waals surface area contributed by atoms with E-state index in [1.807, 2.05) is 6.07 Å². The zero-order chi connectivity index (χ0) is 21.0. The number of furan rings is 1. The summed E-state index contributed by atoms with van der Waals surface area (Å²) in [6.45, 7) is 1.53. The van der Waals surface area contributed by atoms with Crippen LogP contribution in [0.2, 0.25) is 0 Å². The van der Waals surface area contributed by atoms with Crippen LogP contribution in [-0.4, -0.2) is 38.3 Å². The lowest BCUT2D eigenvalue weighted by Crippen LogP contribution is -2.08. The number of aromatic nitrogens is 1. The van der Waals surface area contributed by atoms with Crippen molar-refractivity contribution in [3.8, 4) is 22.1 Å². The van der Waals surface area contributed by atoms with Crippen molar-refractivity contribution in [2.24, 2.45) is 0 Å². The van der Waals surface area contributed by atoms with Crippen molar-refractivity contribution in [2.45, 2.75) is 13.5 Å². The molecule has 8 nitrogen and oxygen atoms in total. The lowest BCUT2D eigenvalue weighted by Gasteiger charge is -2.08. The number of methoxy groups -OCH3 is 3. The highest BCUT2D eigenvalue weighted by molar-refractivity contribution is 7.17. The number of hydrogen-bond donors (Lipinski definition) is 0. The maximum atomic E-state index is 12.5. The van der Waals surface area contributed by atoms with Gasteiger partial charge in [-0.1, -0.05) is 0 Å². The first kappa shape index (κ1) is 20.4. The van der Waals surface area contributed by atoms with E-state index < -0.39 is 11.9 Å². The van der Waals surface area contributed by atoms with Crippen molar-refractivity contribution in [1.29, 1.82) is 0 Å². The van der Waals surface area contributed by atoms with Gasteiger partial charge in [0.15, 0.2) is 23.9 Å². The van der Waals surface area contributed by atoms with Crippen LogP contribution in [0.5, 0.6) is 11.5 Å². The lowest BCUT2D eigenvalue weighted by molar-refractivity contribution is 0.0436. The Morgan fingerprint density at radius 1 is 1.07 bits per heavy atom. The normalized spacial score (nSPS) is 10.5. The van der Waals surface area contributed by atoms with Crippen molar-refractivity contribution < 1.29 is 33.0 Å². The molecule has 0 atom stereocenters. The van der Waals surface area contributed by atoms with Crippen LogP contribution in [0.4, 0.5) is 0 Å². The van der Waals surface area contributed by atoms with E-state index in [9.17, 15) is 9.59 Å². The maximum absolute atomic E-state index is 12.5. The third-order valence-electron chi connectivity index (χ3n) is 4.10. The minimum absolute atomic E-state index is 0.195. The van der Waals surface area contributed by atoms with E-state index in [-0.39, 0.29) is 17.9 Å². The molecule has 0 spiro atoms. The summed E-state index contributed by atoms with van der Waals surface area (Å²) in [6.07, 6.45) is 1.34. The topological polar surface area (TPSA) is 97.1 Å². The van der Waals surface area contributed by atoms with Gasteiger partial charge in [-0.25, -0.2) is 14.6 Å². The third kappa shape index (κ3) is 4.24. The van der Waals surface area contributed by atoms with Gasteiger partial charge in [0.05, 0.1) is 33.3 Å². The highest BCUT2D eigenvalue weighted by Gasteiger charge is 2.21. The van der Waals surface area contributed by atoms with Crippen molar-refractivity contribution >= 4 is 23.3 Å². The summed E-state index contributed by atoms with van der Waals surface area (Å²) in [5, 5.41) is 0.642. The Kier molecular flexibility index (Phi) is 6.18. The first-order valence-electron chi connectivity index (χ1n) is 8.50. The van der Waals surface area contributed by atoms with Gasteiger partial charge in [0.1, 0.15) is 15.4 Å². The van der Waals surface area contributed by atoms with Crippen LogP contribution >= 0.6 is 11.3 Å². The third-order valence-corrected chi connectivity index (χ3v) is 5.28. The van der Waals surface area contributed by atoms with Crippen LogP contribution in [-0.2, 0) is 16.1 Å². The summed E-state index contributed by atoms with van der Waals surface area (Å²) >= 11 is 1.20. The molecule has 2 aromatic heterocycles. The Hall–Kier alpha value is -3.33. The van der Waals surface area contributed by atoms with E-state index in [1.54, 1.807) is 33.3 Å². The molecule has 0 unspecified atom stereocenters. The summed E-state index contributed by atoms with van der Waals surface area (Å²) in [6, 6.07) is 6.86. The standard InChI is InChI=1S/C20H19NO7S/c1-11-17(20(23)28-10-16-13(7-8-27-16)19(22)26-4)29-18(21-11)12-5-6-14(24-2)15(9-12)25-3/h5-9H,10H2,1-4H3. The van der Waals surface area contributed by atoms with E-state index in [0.717, 1.165) is 5.56 Å². The molecule has 0 radical (unpaired) electrons. The zero-order valence-corrected chi connectivity index (χ0v) is 17.1.